The third-order valence-electron chi connectivity index (χ3n) is 5.63. The first-order chi connectivity index (χ1) is 14.7. The number of carboxylic acids is 1. The Morgan fingerprint density at radius 1 is 1.00 bits per heavy atom. The smallest absolute Gasteiger partial charge is 0.304 e. The number of carbonyl (C=O) groups is 1. The number of benzene rings is 2. The lowest BCUT2D eigenvalue weighted by molar-refractivity contribution is -0.136. The summed E-state index contributed by atoms with van der Waals surface area (Å²) in [5, 5.41) is 15.8. The highest BCUT2D eigenvalue weighted by Gasteiger charge is 2.14. The number of rotatable bonds is 11. The van der Waals surface area contributed by atoms with Crippen LogP contribution in [0.15, 0.2) is 53.7 Å². The van der Waals surface area contributed by atoms with Crippen molar-refractivity contribution in [1.82, 2.24) is 5.32 Å². The molecule has 0 radical (unpaired) electrons. The van der Waals surface area contributed by atoms with E-state index < -0.39 is 5.97 Å². The molecule has 0 aromatic heterocycles. The Labute approximate surface area is 179 Å². The fraction of sp³-hybridized carbons (Fsp3) is 0.440. The number of hydrogen-bond donors (Lipinski definition) is 2. The molecule has 0 amide bonds. The Balaban J connectivity index is 1.34. The topological polar surface area (TPSA) is 70.9 Å². The molecule has 0 unspecified atom stereocenters. The summed E-state index contributed by atoms with van der Waals surface area (Å²) in [6.07, 6.45) is 9.39. The molecule has 0 atom stereocenters. The minimum Gasteiger partial charge on any atom is -0.481 e. The number of oxime groups is 1. The molecular formula is C25H32N2O3. The lowest BCUT2D eigenvalue weighted by atomic mass is 9.84. The van der Waals surface area contributed by atoms with Crippen LogP contribution in [0, 0.1) is 0 Å². The highest BCUT2D eigenvalue weighted by atomic mass is 16.6. The quantitative estimate of drug-likeness (QED) is 0.310. The van der Waals surface area contributed by atoms with Crippen LogP contribution in [0.5, 0.6) is 0 Å². The summed E-state index contributed by atoms with van der Waals surface area (Å²) in [4.78, 5) is 15.9. The normalized spacial score (nSPS) is 14.8. The number of aliphatic carboxylic acids is 1. The van der Waals surface area contributed by atoms with Gasteiger partial charge in [-0.05, 0) is 41.0 Å². The molecule has 2 aromatic rings. The molecule has 2 N–H and O–H groups in total. The van der Waals surface area contributed by atoms with Gasteiger partial charge in [0.05, 0.1) is 6.42 Å². The van der Waals surface area contributed by atoms with E-state index in [0.717, 1.165) is 22.6 Å². The molecule has 0 heterocycles. The largest absolute Gasteiger partial charge is 0.481 e. The maximum atomic E-state index is 10.5. The summed E-state index contributed by atoms with van der Waals surface area (Å²) in [5.74, 6) is -0.0468. The van der Waals surface area contributed by atoms with Gasteiger partial charge in [-0.2, -0.15) is 0 Å². The van der Waals surface area contributed by atoms with Crippen molar-refractivity contribution in [2.75, 3.05) is 6.54 Å². The van der Waals surface area contributed by atoms with Crippen LogP contribution < -0.4 is 5.32 Å². The predicted molar refractivity (Wildman–Crippen MR) is 120 cm³/mol. The van der Waals surface area contributed by atoms with Gasteiger partial charge in [-0.25, -0.2) is 0 Å². The van der Waals surface area contributed by atoms with Gasteiger partial charge in [-0.3, -0.25) is 4.79 Å². The fourth-order valence-electron chi connectivity index (χ4n) is 3.85. The molecule has 160 valence electrons. The zero-order valence-corrected chi connectivity index (χ0v) is 17.6. The highest BCUT2D eigenvalue weighted by Crippen LogP contribution is 2.32. The molecule has 5 heteroatoms. The van der Waals surface area contributed by atoms with E-state index in [-0.39, 0.29) is 6.42 Å². The van der Waals surface area contributed by atoms with Crippen LogP contribution >= 0.6 is 0 Å². The maximum absolute atomic E-state index is 10.5. The minimum atomic E-state index is -0.782. The monoisotopic (exact) mass is 408 g/mol. The molecule has 3 rings (SSSR count). The van der Waals surface area contributed by atoms with Crippen molar-refractivity contribution >= 4 is 12.2 Å². The van der Waals surface area contributed by atoms with Crippen LogP contribution in [0.25, 0.3) is 0 Å². The number of nitrogens with zero attached hydrogens (tertiary/aromatic N) is 1. The Bertz CT molecular complexity index is 794. The minimum absolute atomic E-state index is 0.138. The van der Waals surface area contributed by atoms with Gasteiger partial charge in [0.25, 0.3) is 0 Å². The van der Waals surface area contributed by atoms with Gasteiger partial charge in [0.1, 0.15) is 6.61 Å². The van der Waals surface area contributed by atoms with Crippen molar-refractivity contribution in [3.8, 4) is 0 Å². The van der Waals surface area contributed by atoms with E-state index in [4.69, 9.17) is 9.94 Å². The average Bonchev–Trinajstić information content (AvgIpc) is 2.78. The van der Waals surface area contributed by atoms with E-state index in [2.05, 4.69) is 46.9 Å². The first-order valence-electron chi connectivity index (χ1n) is 10.9. The van der Waals surface area contributed by atoms with Gasteiger partial charge in [0.2, 0.25) is 0 Å². The fourth-order valence-corrected chi connectivity index (χ4v) is 3.85. The SMILES string of the molecule is O=C(O)CCNCc1ccc(CC=NOCc2ccc(C3CCCCC3)cc2)cc1. The van der Waals surface area contributed by atoms with Crippen LogP contribution in [0.2, 0.25) is 0 Å². The third kappa shape index (κ3) is 7.64. The number of hydrogen-bond acceptors (Lipinski definition) is 4. The second kappa shape index (κ2) is 12.1. The van der Waals surface area contributed by atoms with Crippen LogP contribution in [-0.2, 0) is 29.2 Å². The zero-order valence-electron chi connectivity index (χ0n) is 17.6. The van der Waals surface area contributed by atoms with E-state index >= 15 is 0 Å². The number of nitrogens with one attached hydrogen (secondary N) is 1. The molecule has 0 spiro atoms. The molecule has 0 bridgehead atoms. The first-order valence-corrected chi connectivity index (χ1v) is 10.9. The van der Waals surface area contributed by atoms with Crippen LogP contribution in [0.3, 0.4) is 0 Å². The third-order valence-corrected chi connectivity index (χ3v) is 5.63. The Kier molecular flexibility index (Phi) is 8.91. The Morgan fingerprint density at radius 2 is 1.67 bits per heavy atom. The maximum Gasteiger partial charge on any atom is 0.304 e. The summed E-state index contributed by atoms with van der Waals surface area (Å²) in [5.41, 5.74) is 4.90. The standard InChI is InChI=1S/C25H32N2O3/c28-25(29)15-16-26-18-21-8-6-20(7-9-21)14-17-27-30-19-22-10-12-24(13-11-22)23-4-2-1-3-5-23/h6-13,17,23,26H,1-5,14-16,18-19H2,(H,28,29). The average molecular weight is 409 g/mol. The Hall–Kier alpha value is -2.66. The molecule has 1 fully saturated rings. The van der Waals surface area contributed by atoms with E-state index in [1.165, 1.54) is 37.7 Å². The highest BCUT2D eigenvalue weighted by molar-refractivity contribution is 5.66. The van der Waals surface area contributed by atoms with Gasteiger partial charge in [-0.1, -0.05) is 72.9 Å². The predicted octanol–water partition coefficient (Wildman–Crippen LogP) is 5.04. The summed E-state index contributed by atoms with van der Waals surface area (Å²) < 4.78 is 0. The lowest BCUT2D eigenvalue weighted by Crippen LogP contribution is -2.17. The zero-order chi connectivity index (χ0) is 21.0. The summed E-state index contributed by atoms with van der Waals surface area (Å²) in [7, 11) is 0. The van der Waals surface area contributed by atoms with Crippen LogP contribution in [0.4, 0.5) is 0 Å². The van der Waals surface area contributed by atoms with Crippen LogP contribution in [0.1, 0.15) is 66.7 Å². The van der Waals surface area contributed by atoms with Crippen molar-refractivity contribution in [1.29, 1.82) is 0 Å². The van der Waals surface area contributed by atoms with E-state index in [1.54, 1.807) is 6.21 Å². The summed E-state index contributed by atoms with van der Waals surface area (Å²) in [6, 6.07) is 17.0. The van der Waals surface area contributed by atoms with Gasteiger partial charge < -0.3 is 15.3 Å². The van der Waals surface area contributed by atoms with Crippen molar-refractivity contribution in [3.05, 3.63) is 70.8 Å². The molecule has 0 saturated heterocycles. The van der Waals surface area contributed by atoms with Crippen molar-refractivity contribution in [3.63, 3.8) is 0 Å². The van der Waals surface area contributed by atoms with Crippen LogP contribution in [-0.4, -0.2) is 23.8 Å². The van der Waals surface area contributed by atoms with Gasteiger partial charge >= 0.3 is 5.97 Å². The molecule has 1 aliphatic carbocycles. The van der Waals surface area contributed by atoms with E-state index in [9.17, 15) is 4.79 Å². The second-order valence-electron chi connectivity index (χ2n) is 7.98. The van der Waals surface area contributed by atoms with E-state index in [1.807, 2.05) is 12.1 Å². The Morgan fingerprint density at radius 3 is 2.37 bits per heavy atom. The first kappa shape index (κ1) is 22.0. The summed E-state index contributed by atoms with van der Waals surface area (Å²) in [6.45, 7) is 1.64. The number of carboxylic acid groups (broad SMARTS) is 1. The van der Waals surface area contributed by atoms with Crippen molar-refractivity contribution < 1.29 is 14.7 Å². The second-order valence-corrected chi connectivity index (χ2v) is 7.98. The molecular weight excluding hydrogens is 376 g/mol. The van der Waals surface area contributed by atoms with Crippen molar-refractivity contribution in [2.45, 2.75) is 64.0 Å². The molecule has 1 saturated carbocycles. The van der Waals surface area contributed by atoms with Gasteiger partial charge in [0, 0.05) is 25.7 Å². The summed E-state index contributed by atoms with van der Waals surface area (Å²) >= 11 is 0. The molecule has 5 nitrogen and oxygen atoms in total. The molecule has 30 heavy (non-hydrogen) atoms. The lowest BCUT2D eigenvalue weighted by Gasteiger charge is -2.22. The van der Waals surface area contributed by atoms with E-state index in [0.29, 0.717) is 26.1 Å². The molecule has 2 aromatic carbocycles. The van der Waals surface area contributed by atoms with Gasteiger partial charge in [0.15, 0.2) is 0 Å². The molecule has 0 aliphatic heterocycles. The van der Waals surface area contributed by atoms with Gasteiger partial charge in [-0.15, -0.1) is 0 Å². The van der Waals surface area contributed by atoms with Crippen molar-refractivity contribution in [2.24, 2.45) is 5.16 Å². The molecule has 1 aliphatic rings.